The van der Waals surface area contributed by atoms with Crippen LogP contribution in [-0.4, -0.2) is 24.1 Å². The van der Waals surface area contributed by atoms with Crippen LogP contribution in [0.4, 0.5) is 0 Å². The van der Waals surface area contributed by atoms with E-state index in [0.717, 1.165) is 43.6 Å². The van der Waals surface area contributed by atoms with E-state index in [2.05, 4.69) is 6.07 Å². The zero-order valence-corrected chi connectivity index (χ0v) is 12.4. The fraction of sp³-hybridized carbons (Fsp3) is 0.611. The Labute approximate surface area is 125 Å². The number of carbonyl (C=O) groups excluding carboxylic acids is 1. The van der Waals surface area contributed by atoms with E-state index in [1.54, 1.807) is 0 Å². The Kier molecular flexibility index (Phi) is 3.26. The lowest BCUT2D eigenvalue weighted by atomic mass is 9.74. The number of fused-ring (bicyclic) bond motifs is 1. The van der Waals surface area contributed by atoms with Crippen molar-refractivity contribution >= 4 is 5.78 Å². The summed E-state index contributed by atoms with van der Waals surface area (Å²) in [6.45, 7) is 0.800. The first kappa shape index (κ1) is 13.3. The SMILES string of the molecule is O=C1CCCc2ccc(OC3CCOC4(CCC4)C3)cc21. The number of carbonyl (C=O) groups is 1. The molecule has 1 aliphatic heterocycles. The number of rotatable bonds is 2. The second kappa shape index (κ2) is 5.13. The Morgan fingerprint density at radius 3 is 2.90 bits per heavy atom. The molecule has 0 bridgehead atoms. The van der Waals surface area contributed by atoms with Crippen molar-refractivity contribution in [2.24, 2.45) is 0 Å². The van der Waals surface area contributed by atoms with Crippen LogP contribution in [0.1, 0.15) is 60.9 Å². The van der Waals surface area contributed by atoms with Crippen LogP contribution >= 0.6 is 0 Å². The lowest BCUT2D eigenvalue weighted by Crippen LogP contribution is -2.48. The summed E-state index contributed by atoms with van der Waals surface area (Å²) in [5.41, 5.74) is 2.16. The van der Waals surface area contributed by atoms with E-state index in [1.165, 1.54) is 24.8 Å². The molecule has 1 aromatic carbocycles. The monoisotopic (exact) mass is 286 g/mol. The maximum Gasteiger partial charge on any atom is 0.163 e. The summed E-state index contributed by atoms with van der Waals surface area (Å²) in [6.07, 6.45) is 8.49. The first-order valence-electron chi connectivity index (χ1n) is 8.21. The van der Waals surface area contributed by atoms with Crippen molar-refractivity contribution in [2.75, 3.05) is 6.61 Å². The first-order valence-corrected chi connectivity index (χ1v) is 8.21. The summed E-state index contributed by atoms with van der Waals surface area (Å²) in [5, 5.41) is 0. The van der Waals surface area contributed by atoms with Gasteiger partial charge in [0.15, 0.2) is 5.78 Å². The molecule has 1 spiro atoms. The molecule has 1 saturated carbocycles. The van der Waals surface area contributed by atoms with Gasteiger partial charge in [-0.05, 0) is 49.8 Å². The smallest absolute Gasteiger partial charge is 0.163 e. The van der Waals surface area contributed by atoms with Crippen molar-refractivity contribution in [2.45, 2.75) is 63.1 Å². The predicted molar refractivity (Wildman–Crippen MR) is 79.9 cm³/mol. The van der Waals surface area contributed by atoms with Gasteiger partial charge in [0.05, 0.1) is 12.2 Å². The molecule has 3 heteroatoms. The molecule has 4 rings (SSSR count). The number of ketones is 1. The largest absolute Gasteiger partial charge is 0.490 e. The van der Waals surface area contributed by atoms with Gasteiger partial charge in [-0.3, -0.25) is 4.79 Å². The van der Waals surface area contributed by atoms with Gasteiger partial charge >= 0.3 is 0 Å². The minimum atomic E-state index is 0.104. The maximum absolute atomic E-state index is 12.0. The van der Waals surface area contributed by atoms with Crippen LogP contribution in [0, 0.1) is 0 Å². The number of benzene rings is 1. The molecule has 112 valence electrons. The van der Waals surface area contributed by atoms with E-state index < -0.39 is 0 Å². The maximum atomic E-state index is 12.0. The third kappa shape index (κ3) is 2.48. The Hall–Kier alpha value is -1.35. The second-order valence-corrected chi connectivity index (χ2v) is 6.71. The third-order valence-electron chi connectivity index (χ3n) is 5.25. The summed E-state index contributed by atoms with van der Waals surface area (Å²) in [5.74, 6) is 1.12. The van der Waals surface area contributed by atoms with Crippen molar-refractivity contribution in [3.8, 4) is 5.75 Å². The van der Waals surface area contributed by atoms with Crippen LogP contribution in [0.5, 0.6) is 5.75 Å². The highest BCUT2D eigenvalue weighted by Crippen LogP contribution is 2.43. The molecule has 1 aromatic rings. The van der Waals surface area contributed by atoms with Gasteiger partial charge in [0.2, 0.25) is 0 Å². The number of Topliss-reactive ketones (excluding diaryl/α,β-unsaturated/α-hetero) is 1. The normalized spacial score (nSPS) is 27.0. The quantitative estimate of drug-likeness (QED) is 0.832. The average molecular weight is 286 g/mol. The number of hydrogen-bond donors (Lipinski definition) is 0. The van der Waals surface area contributed by atoms with Crippen LogP contribution < -0.4 is 4.74 Å². The molecule has 1 saturated heterocycles. The predicted octanol–water partition coefficient (Wildman–Crippen LogP) is 3.69. The summed E-state index contributed by atoms with van der Waals surface area (Å²) < 4.78 is 12.1. The van der Waals surface area contributed by atoms with Gasteiger partial charge in [0.25, 0.3) is 0 Å². The fourth-order valence-corrected chi connectivity index (χ4v) is 3.88. The van der Waals surface area contributed by atoms with Crippen LogP contribution in [0.25, 0.3) is 0 Å². The summed E-state index contributed by atoms with van der Waals surface area (Å²) in [6, 6.07) is 6.06. The van der Waals surface area contributed by atoms with Crippen LogP contribution in [0.3, 0.4) is 0 Å². The lowest BCUT2D eigenvalue weighted by Gasteiger charge is -2.46. The van der Waals surface area contributed by atoms with Gasteiger partial charge in [-0.25, -0.2) is 0 Å². The molecular formula is C18H22O3. The van der Waals surface area contributed by atoms with Crippen molar-refractivity contribution in [1.82, 2.24) is 0 Å². The van der Waals surface area contributed by atoms with Crippen molar-refractivity contribution in [1.29, 1.82) is 0 Å². The molecule has 1 heterocycles. The summed E-state index contributed by atoms with van der Waals surface area (Å²) >= 11 is 0. The first-order chi connectivity index (χ1) is 10.2. The minimum absolute atomic E-state index is 0.104. The highest BCUT2D eigenvalue weighted by atomic mass is 16.5. The zero-order valence-electron chi connectivity index (χ0n) is 12.4. The lowest BCUT2D eigenvalue weighted by molar-refractivity contribution is -0.153. The van der Waals surface area contributed by atoms with Crippen LogP contribution in [0.2, 0.25) is 0 Å². The highest BCUT2D eigenvalue weighted by Gasteiger charge is 2.43. The van der Waals surface area contributed by atoms with Gasteiger partial charge in [0, 0.05) is 24.8 Å². The van der Waals surface area contributed by atoms with E-state index in [4.69, 9.17) is 9.47 Å². The van der Waals surface area contributed by atoms with Crippen molar-refractivity contribution < 1.29 is 14.3 Å². The Morgan fingerprint density at radius 1 is 1.19 bits per heavy atom. The van der Waals surface area contributed by atoms with E-state index in [0.29, 0.717) is 6.42 Å². The molecule has 0 amide bonds. The standard InChI is InChI=1S/C18H22O3/c19-17-4-1-3-13-5-6-14(11-16(13)17)21-15-7-10-20-18(12-15)8-2-9-18/h5-6,11,15H,1-4,7-10,12H2. The van der Waals surface area contributed by atoms with E-state index >= 15 is 0 Å². The molecule has 3 nitrogen and oxygen atoms in total. The molecule has 3 aliphatic rings. The Bertz CT molecular complexity index is 560. The molecule has 1 unspecified atom stereocenters. The Morgan fingerprint density at radius 2 is 2.10 bits per heavy atom. The van der Waals surface area contributed by atoms with Gasteiger partial charge in [-0.2, -0.15) is 0 Å². The van der Waals surface area contributed by atoms with Gasteiger partial charge < -0.3 is 9.47 Å². The van der Waals surface area contributed by atoms with Gasteiger partial charge in [0.1, 0.15) is 11.9 Å². The fourth-order valence-electron chi connectivity index (χ4n) is 3.88. The molecule has 0 radical (unpaired) electrons. The topological polar surface area (TPSA) is 35.5 Å². The molecule has 21 heavy (non-hydrogen) atoms. The molecule has 2 fully saturated rings. The van der Waals surface area contributed by atoms with Crippen molar-refractivity contribution in [3.05, 3.63) is 29.3 Å². The molecular weight excluding hydrogens is 264 g/mol. The number of aryl methyl sites for hydroxylation is 1. The van der Waals surface area contributed by atoms with E-state index in [1.807, 2.05) is 12.1 Å². The van der Waals surface area contributed by atoms with E-state index in [-0.39, 0.29) is 17.5 Å². The Balaban J connectivity index is 1.49. The summed E-state index contributed by atoms with van der Waals surface area (Å²) in [4.78, 5) is 12.0. The van der Waals surface area contributed by atoms with Crippen LogP contribution in [-0.2, 0) is 11.2 Å². The molecule has 0 aromatic heterocycles. The van der Waals surface area contributed by atoms with Gasteiger partial charge in [-0.1, -0.05) is 6.07 Å². The molecule has 0 N–H and O–H groups in total. The van der Waals surface area contributed by atoms with Crippen LogP contribution in [0.15, 0.2) is 18.2 Å². The van der Waals surface area contributed by atoms with E-state index in [9.17, 15) is 4.79 Å². The molecule has 1 atom stereocenters. The minimum Gasteiger partial charge on any atom is -0.490 e. The molecule has 2 aliphatic carbocycles. The zero-order chi connectivity index (χ0) is 14.3. The number of ether oxygens (including phenoxy) is 2. The van der Waals surface area contributed by atoms with Gasteiger partial charge in [-0.15, -0.1) is 0 Å². The number of hydrogen-bond acceptors (Lipinski definition) is 3. The van der Waals surface area contributed by atoms with Crippen molar-refractivity contribution in [3.63, 3.8) is 0 Å². The summed E-state index contributed by atoms with van der Waals surface area (Å²) in [7, 11) is 0. The average Bonchev–Trinajstić information content (AvgIpc) is 2.47. The highest BCUT2D eigenvalue weighted by molar-refractivity contribution is 5.98. The second-order valence-electron chi connectivity index (χ2n) is 6.71. The third-order valence-corrected chi connectivity index (χ3v) is 5.25.